The molecule has 1 atom stereocenters. The van der Waals surface area contributed by atoms with Gasteiger partial charge in [-0.2, -0.15) is 0 Å². The van der Waals surface area contributed by atoms with E-state index in [1.807, 2.05) is 13.0 Å². The van der Waals surface area contributed by atoms with Crippen molar-refractivity contribution in [3.05, 3.63) is 58.8 Å². The maximum absolute atomic E-state index is 12.7. The van der Waals surface area contributed by atoms with Gasteiger partial charge in [-0.25, -0.2) is 9.78 Å². The van der Waals surface area contributed by atoms with E-state index in [1.165, 1.54) is 55.3 Å². The third kappa shape index (κ3) is 7.85. The van der Waals surface area contributed by atoms with Crippen molar-refractivity contribution in [2.75, 3.05) is 44.8 Å². The number of unbranched alkanes of at least 4 members (excludes halogenated alkanes) is 3. The van der Waals surface area contributed by atoms with Gasteiger partial charge in [-0.15, -0.1) is 0 Å². The van der Waals surface area contributed by atoms with Crippen LogP contribution >= 0.6 is 0 Å². The SMILES string of the molecule is CCCCCCc1ccc2c(n1)NCCC2.CCOC(=O)C(c1ccccc1C1(C)CCOCC1)N1CC(C)C1. The molecule has 0 spiro atoms. The van der Waals surface area contributed by atoms with Gasteiger partial charge in [0, 0.05) is 38.5 Å². The first-order valence-corrected chi connectivity index (χ1v) is 15.8. The Bertz CT molecular complexity index is 1080. The smallest absolute Gasteiger partial charge is 0.328 e. The lowest BCUT2D eigenvalue weighted by molar-refractivity contribution is -0.152. The summed E-state index contributed by atoms with van der Waals surface area (Å²) in [5, 5.41) is 3.39. The summed E-state index contributed by atoms with van der Waals surface area (Å²) in [6, 6.07) is 12.6. The number of rotatable bonds is 10. The van der Waals surface area contributed by atoms with Gasteiger partial charge in [-0.3, -0.25) is 4.90 Å². The van der Waals surface area contributed by atoms with Crippen molar-refractivity contribution >= 4 is 11.8 Å². The number of carbonyl (C=O) groups is 1. The largest absolute Gasteiger partial charge is 0.465 e. The molecule has 2 aromatic rings. The molecule has 2 saturated heterocycles. The number of fused-ring (bicyclic) bond motifs is 1. The fourth-order valence-corrected chi connectivity index (χ4v) is 6.27. The zero-order chi connectivity index (χ0) is 28.4. The first kappa shape index (κ1) is 30.5. The van der Waals surface area contributed by atoms with Crippen LogP contribution in [0.15, 0.2) is 36.4 Å². The number of anilines is 1. The van der Waals surface area contributed by atoms with E-state index < -0.39 is 0 Å². The lowest BCUT2D eigenvalue weighted by Gasteiger charge is -2.44. The van der Waals surface area contributed by atoms with Crippen molar-refractivity contribution in [1.29, 1.82) is 0 Å². The summed E-state index contributed by atoms with van der Waals surface area (Å²) < 4.78 is 11.0. The molecular weight excluding hydrogens is 498 g/mol. The van der Waals surface area contributed by atoms with Crippen LogP contribution in [0.3, 0.4) is 0 Å². The molecule has 0 amide bonds. The molecule has 6 nitrogen and oxygen atoms in total. The van der Waals surface area contributed by atoms with Crippen LogP contribution in [0.1, 0.15) is 101 Å². The van der Waals surface area contributed by atoms with E-state index in [0.29, 0.717) is 12.5 Å². The summed E-state index contributed by atoms with van der Waals surface area (Å²) in [6.07, 6.45) is 10.8. The highest BCUT2D eigenvalue weighted by atomic mass is 16.5. The van der Waals surface area contributed by atoms with E-state index in [1.54, 1.807) is 0 Å². The number of hydrogen-bond acceptors (Lipinski definition) is 6. The minimum absolute atomic E-state index is 0.0655. The molecule has 0 bridgehead atoms. The summed E-state index contributed by atoms with van der Waals surface area (Å²) in [5.74, 6) is 1.67. The van der Waals surface area contributed by atoms with E-state index in [4.69, 9.17) is 14.5 Å². The maximum atomic E-state index is 12.7. The number of likely N-dealkylation sites (tertiary alicyclic amines) is 1. The normalized spacial score (nSPS) is 19.3. The van der Waals surface area contributed by atoms with Gasteiger partial charge in [0.2, 0.25) is 0 Å². The Morgan fingerprint density at radius 1 is 1.12 bits per heavy atom. The van der Waals surface area contributed by atoms with E-state index in [2.05, 4.69) is 61.3 Å². The molecule has 1 aromatic heterocycles. The Morgan fingerprint density at radius 3 is 2.62 bits per heavy atom. The Labute approximate surface area is 242 Å². The van der Waals surface area contributed by atoms with Crippen LogP contribution in [0.4, 0.5) is 5.82 Å². The predicted octanol–water partition coefficient (Wildman–Crippen LogP) is 6.87. The van der Waals surface area contributed by atoms with Crippen LogP contribution in [0.5, 0.6) is 0 Å². The molecule has 2 fully saturated rings. The second kappa shape index (κ2) is 15.0. The van der Waals surface area contributed by atoms with E-state index in [9.17, 15) is 4.79 Å². The minimum atomic E-state index is -0.281. The molecule has 5 rings (SSSR count). The molecule has 40 heavy (non-hydrogen) atoms. The minimum Gasteiger partial charge on any atom is -0.465 e. The van der Waals surface area contributed by atoms with E-state index in [0.717, 1.165) is 63.5 Å². The molecule has 3 aliphatic rings. The van der Waals surface area contributed by atoms with Crippen LogP contribution in [0, 0.1) is 5.92 Å². The van der Waals surface area contributed by atoms with Gasteiger partial charge in [-0.05, 0) is 79.5 Å². The lowest BCUT2D eigenvalue weighted by atomic mass is 9.73. The Balaban J connectivity index is 0.000000201. The highest BCUT2D eigenvalue weighted by Gasteiger charge is 2.40. The second-order valence-corrected chi connectivity index (χ2v) is 12.1. The number of aromatic nitrogens is 1. The van der Waals surface area contributed by atoms with Crippen LogP contribution in [0.25, 0.3) is 0 Å². The fourth-order valence-electron chi connectivity index (χ4n) is 6.27. The Kier molecular flexibility index (Phi) is 11.4. The first-order chi connectivity index (χ1) is 19.4. The monoisotopic (exact) mass is 549 g/mol. The number of aryl methyl sites for hydroxylation is 2. The summed E-state index contributed by atoms with van der Waals surface area (Å²) in [7, 11) is 0. The predicted molar refractivity (Wildman–Crippen MR) is 163 cm³/mol. The number of nitrogens with one attached hydrogen (secondary N) is 1. The molecule has 3 aliphatic heterocycles. The Morgan fingerprint density at radius 2 is 1.90 bits per heavy atom. The van der Waals surface area contributed by atoms with Gasteiger partial charge in [0.05, 0.1) is 6.61 Å². The number of benzene rings is 1. The van der Waals surface area contributed by atoms with Gasteiger partial charge >= 0.3 is 5.97 Å². The highest BCUT2D eigenvalue weighted by molar-refractivity contribution is 5.78. The summed E-state index contributed by atoms with van der Waals surface area (Å²) in [5.41, 5.74) is 5.11. The van der Waals surface area contributed by atoms with E-state index >= 15 is 0 Å². The zero-order valence-electron chi connectivity index (χ0n) is 25.3. The summed E-state index contributed by atoms with van der Waals surface area (Å²) >= 11 is 0. The van der Waals surface area contributed by atoms with Crippen LogP contribution < -0.4 is 5.32 Å². The number of hydrogen-bond donors (Lipinski definition) is 1. The summed E-state index contributed by atoms with van der Waals surface area (Å²) in [6.45, 7) is 13.6. The highest BCUT2D eigenvalue weighted by Crippen LogP contribution is 2.41. The molecular formula is C34H51N3O3. The number of carbonyl (C=O) groups excluding carboxylic acids is 1. The van der Waals surface area contributed by atoms with Crippen molar-refractivity contribution in [2.45, 2.75) is 96.9 Å². The fraction of sp³-hybridized carbons (Fsp3) is 0.647. The van der Waals surface area contributed by atoms with Gasteiger partial charge in [0.25, 0.3) is 0 Å². The quantitative estimate of drug-likeness (QED) is 0.258. The van der Waals surface area contributed by atoms with Crippen molar-refractivity contribution in [1.82, 2.24) is 9.88 Å². The van der Waals surface area contributed by atoms with Crippen LogP contribution in [0.2, 0.25) is 0 Å². The van der Waals surface area contributed by atoms with Crippen molar-refractivity contribution in [2.24, 2.45) is 5.92 Å². The van der Waals surface area contributed by atoms with E-state index in [-0.39, 0.29) is 17.4 Å². The summed E-state index contributed by atoms with van der Waals surface area (Å²) in [4.78, 5) is 19.7. The average Bonchev–Trinajstić information content (AvgIpc) is 2.96. The molecule has 1 aromatic carbocycles. The van der Waals surface area contributed by atoms with Gasteiger partial charge in [-0.1, -0.05) is 70.4 Å². The number of nitrogens with zero attached hydrogens (tertiary/aromatic N) is 2. The molecule has 1 unspecified atom stereocenters. The van der Waals surface area contributed by atoms with Crippen LogP contribution in [-0.2, 0) is 32.5 Å². The molecule has 0 aliphatic carbocycles. The molecule has 0 saturated carbocycles. The standard InChI is InChI=1S/C20H29NO3.C14H22N2/c1-4-24-19(22)18(21-13-15(2)14-21)16-7-5-6-8-17(16)20(3)9-11-23-12-10-20;1-2-3-4-5-8-13-10-9-12-7-6-11-15-14(12)16-13/h5-8,15,18H,4,9-14H2,1-3H3;9-10H,2-8,11H2,1H3,(H,15,16). The van der Waals surface area contributed by atoms with Crippen molar-refractivity contribution in [3.63, 3.8) is 0 Å². The zero-order valence-corrected chi connectivity index (χ0v) is 25.3. The molecule has 6 heteroatoms. The first-order valence-electron chi connectivity index (χ1n) is 15.8. The lowest BCUT2D eigenvalue weighted by Crippen LogP contribution is -2.50. The third-order valence-electron chi connectivity index (χ3n) is 8.71. The maximum Gasteiger partial charge on any atom is 0.328 e. The third-order valence-corrected chi connectivity index (χ3v) is 8.71. The molecule has 220 valence electrons. The Hall–Kier alpha value is -2.44. The number of ether oxygens (including phenoxy) is 2. The number of esters is 1. The van der Waals surface area contributed by atoms with Gasteiger partial charge < -0.3 is 14.8 Å². The number of pyridine rings is 1. The second-order valence-electron chi connectivity index (χ2n) is 12.1. The van der Waals surface area contributed by atoms with Gasteiger partial charge in [0.15, 0.2) is 0 Å². The average molecular weight is 550 g/mol. The van der Waals surface area contributed by atoms with Gasteiger partial charge in [0.1, 0.15) is 11.9 Å². The molecule has 0 radical (unpaired) electrons. The van der Waals surface area contributed by atoms with Crippen molar-refractivity contribution < 1.29 is 14.3 Å². The molecule has 1 N–H and O–H groups in total. The van der Waals surface area contributed by atoms with Crippen molar-refractivity contribution in [3.8, 4) is 0 Å². The topological polar surface area (TPSA) is 63.7 Å². The van der Waals surface area contributed by atoms with Crippen LogP contribution in [-0.4, -0.2) is 55.3 Å². The molecule has 4 heterocycles.